The van der Waals surface area contributed by atoms with Gasteiger partial charge in [0.05, 0.1) is 0 Å². The highest BCUT2D eigenvalue weighted by Crippen LogP contribution is 2.18. The molecule has 0 aliphatic carbocycles. The molecule has 1 aromatic rings. The van der Waals surface area contributed by atoms with Crippen molar-refractivity contribution in [1.82, 2.24) is 5.32 Å². The van der Waals surface area contributed by atoms with E-state index in [-0.39, 0.29) is 12.4 Å². The van der Waals surface area contributed by atoms with Crippen LogP contribution in [0.5, 0.6) is 0 Å². The molecule has 1 aromatic carbocycles. The predicted molar refractivity (Wildman–Crippen MR) is 74.9 cm³/mol. The molecule has 0 amide bonds. The van der Waals surface area contributed by atoms with Crippen LogP contribution in [0.15, 0.2) is 18.2 Å². The van der Waals surface area contributed by atoms with Gasteiger partial charge in [0.1, 0.15) is 0 Å². The van der Waals surface area contributed by atoms with Gasteiger partial charge in [-0.05, 0) is 36.7 Å². The molecule has 0 saturated carbocycles. The molecule has 16 heavy (non-hydrogen) atoms. The maximum absolute atomic E-state index is 5.90. The van der Waals surface area contributed by atoms with E-state index in [1.54, 1.807) is 6.07 Å². The summed E-state index contributed by atoms with van der Waals surface area (Å²) in [5, 5.41) is 4.78. The Morgan fingerprint density at radius 3 is 2.25 bits per heavy atom. The van der Waals surface area contributed by atoms with Crippen LogP contribution in [0, 0.1) is 0 Å². The number of nitrogens with one attached hydrogen (secondary N) is 1. The molecule has 0 bridgehead atoms. The van der Waals surface area contributed by atoms with Crippen LogP contribution in [-0.4, -0.2) is 6.54 Å². The van der Waals surface area contributed by atoms with E-state index in [0.717, 1.165) is 18.7 Å². The average Bonchev–Trinajstić information content (AvgIpc) is 2.16. The molecular weight excluding hydrogens is 264 g/mol. The lowest BCUT2D eigenvalue weighted by atomic mass is 10.2. The summed E-state index contributed by atoms with van der Waals surface area (Å²) in [5.74, 6) is 0. The van der Waals surface area contributed by atoms with Gasteiger partial charge in [-0.3, -0.25) is 0 Å². The van der Waals surface area contributed by atoms with E-state index in [1.807, 2.05) is 12.1 Å². The number of unbranched alkanes of at least 4 members (excludes halogenated alkanes) is 2. The third-order valence-corrected chi connectivity index (χ3v) is 2.65. The smallest absolute Gasteiger partial charge is 0.0424 e. The van der Waals surface area contributed by atoms with Gasteiger partial charge in [0.2, 0.25) is 0 Å². The molecule has 1 nitrogen and oxygen atoms in total. The van der Waals surface area contributed by atoms with Crippen LogP contribution in [0.2, 0.25) is 10.0 Å². The summed E-state index contributed by atoms with van der Waals surface area (Å²) in [6.45, 7) is 4.10. The second kappa shape index (κ2) is 9.12. The molecule has 0 unspecified atom stereocenters. The highest BCUT2D eigenvalue weighted by molar-refractivity contribution is 6.34. The minimum Gasteiger partial charge on any atom is -0.313 e. The SMILES string of the molecule is CCCCCNCc1cc(Cl)cc(Cl)c1.Cl. The Balaban J connectivity index is 0.00000225. The van der Waals surface area contributed by atoms with E-state index in [4.69, 9.17) is 23.2 Å². The van der Waals surface area contributed by atoms with E-state index in [0.29, 0.717) is 10.0 Å². The third-order valence-electron chi connectivity index (χ3n) is 2.21. The zero-order valence-corrected chi connectivity index (χ0v) is 11.8. The van der Waals surface area contributed by atoms with Crippen LogP contribution in [0.4, 0.5) is 0 Å². The van der Waals surface area contributed by atoms with Gasteiger partial charge in [0, 0.05) is 16.6 Å². The van der Waals surface area contributed by atoms with E-state index < -0.39 is 0 Å². The lowest BCUT2D eigenvalue weighted by molar-refractivity contribution is 0.617. The van der Waals surface area contributed by atoms with Crippen molar-refractivity contribution in [2.45, 2.75) is 32.7 Å². The summed E-state index contributed by atoms with van der Waals surface area (Å²) in [4.78, 5) is 0. The molecule has 92 valence electrons. The monoisotopic (exact) mass is 281 g/mol. The van der Waals surface area contributed by atoms with Gasteiger partial charge in [0.25, 0.3) is 0 Å². The summed E-state index contributed by atoms with van der Waals surface area (Å²) < 4.78 is 0. The average molecular weight is 283 g/mol. The van der Waals surface area contributed by atoms with Gasteiger partial charge in [0.15, 0.2) is 0 Å². The molecule has 4 heteroatoms. The summed E-state index contributed by atoms with van der Waals surface area (Å²) >= 11 is 11.8. The maximum Gasteiger partial charge on any atom is 0.0424 e. The van der Waals surface area contributed by atoms with Crippen LogP contribution in [0.1, 0.15) is 31.7 Å². The van der Waals surface area contributed by atoms with Crippen LogP contribution in [0.25, 0.3) is 0 Å². The Bertz CT molecular complexity index is 282. The van der Waals surface area contributed by atoms with E-state index in [2.05, 4.69) is 12.2 Å². The maximum atomic E-state index is 5.90. The van der Waals surface area contributed by atoms with Crippen LogP contribution < -0.4 is 5.32 Å². The first kappa shape index (κ1) is 16.1. The number of rotatable bonds is 6. The van der Waals surface area contributed by atoms with Crippen LogP contribution in [-0.2, 0) is 6.54 Å². The second-order valence-electron chi connectivity index (χ2n) is 3.66. The Morgan fingerprint density at radius 1 is 1.06 bits per heavy atom. The molecule has 0 atom stereocenters. The molecule has 0 fully saturated rings. The first-order valence-corrected chi connectivity index (χ1v) is 6.13. The minimum atomic E-state index is 0. The fourth-order valence-electron chi connectivity index (χ4n) is 1.45. The standard InChI is InChI=1S/C12H17Cl2N.ClH/c1-2-3-4-5-15-9-10-6-11(13)8-12(14)7-10;/h6-8,15H,2-5,9H2,1H3;1H. The van der Waals surface area contributed by atoms with Crippen molar-refractivity contribution in [3.8, 4) is 0 Å². The minimum absolute atomic E-state index is 0. The first-order valence-electron chi connectivity index (χ1n) is 5.38. The second-order valence-corrected chi connectivity index (χ2v) is 4.53. The molecular formula is C12H18Cl3N. The van der Waals surface area contributed by atoms with Gasteiger partial charge >= 0.3 is 0 Å². The predicted octanol–water partition coefficient (Wildman–Crippen LogP) is 4.70. The lowest BCUT2D eigenvalue weighted by Gasteiger charge is -2.05. The fraction of sp³-hybridized carbons (Fsp3) is 0.500. The number of hydrogen-bond acceptors (Lipinski definition) is 1. The molecule has 0 saturated heterocycles. The summed E-state index contributed by atoms with van der Waals surface area (Å²) in [6, 6.07) is 5.64. The van der Waals surface area contributed by atoms with Gasteiger partial charge in [-0.25, -0.2) is 0 Å². The van der Waals surface area contributed by atoms with E-state index in [9.17, 15) is 0 Å². The Labute approximate surface area is 114 Å². The third kappa shape index (κ3) is 6.59. The van der Waals surface area contributed by atoms with Crippen molar-refractivity contribution < 1.29 is 0 Å². The molecule has 0 aromatic heterocycles. The van der Waals surface area contributed by atoms with Crippen molar-refractivity contribution >= 4 is 35.6 Å². The van der Waals surface area contributed by atoms with Crippen molar-refractivity contribution in [2.24, 2.45) is 0 Å². The summed E-state index contributed by atoms with van der Waals surface area (Å²) in [6.07, 6.45) is 3.76. The van der Waals surface area contributed by atoms with Gasteiger partial charge in [-0.15, -0.1) is 12.4 Å². The quantitative estimate of drug-likeness (QED) is 0.746. The Morgan fingerprint density at radius 2 is 1.69 bits per heavy atom. The molecule has 1 N–H and O–H groups in total. The van der Waals surface area contributed by atoms with Crippen molar-refractivity contribution in [2.75, 3.05) is 6.54 Å². The number of benzene rings is 1. The van der Waals surface area contributed by atoms with Gasteiger partial charge in [-0.2, -0.15) is 0 Å². The molecule has 0 spiro atoms. The molecule has 0 radical (unpaired) electrons. The van der Waals surface area contributed by atoms with E-state index in [1.165, 1.54) is 19.3 Å². The summed E-state index contributed by atoms with van der Waals surface area (Å²) in [5.41, 5.74) is 1.14. The highest BCUT2D eigenvalue weighted by Gasteiger charge is 1.97. The van der Waals surface area contributed by atoms with Crippen molar-refractivity contribution in [3.05, 3.63) is 33.8 Å². The Hall–Kier alpha value is 0.0500. The molecule has 0 heterocycles. The zero-order valence-electron chi connectivity index (χ0n) is 9.43. The normalized spacial score (nSPS) is 9.94. The molecule has 1 rings (SSSR count). The van der Waals surface area contributed by atoms with Crippen LogP contribution in [0.3, 0.4) is 0 Å². The number of halogens is 3. The topological polar surface area (TPSA) is 12.0 Å². The first-order chi connectivity index (χ1) is 7.22. The largest absolute Gasteiger partial charge is 0.313 e. The van der Waals surface area contributed by atoms with Crippen LogP contribution >= 0.6 is 35.6 Å². The Kier molecular flexibility index (Phi) is 9.15. The zero-order chi connectivity index (χ0) is 11.1. The van der Waals surface area contributed by atoms with Crippen molar-refractivity contribution in [1.29, 1.82) is 0 Å². The summed E-state index contributed by atoms with van der Waals surface area (Å²) in [7, 11) is 0. The molecule has 0 aliphatic rings. The highest BCUT2D eigenvalue weighted by atomic mass is 35.5. The van der Waals surface area contributed by atoms with Crippen molar-refractivity contribution in [3.63, 3.8) is 0 Å². The number of hydrogen-bond donors (Lipinski definition) is 1. The fourth-order valence-corrected chi connectivity index (χ4v) is 2.02. The van der Waals surface area contributed by atoms with Gasteiger partial charge in [-0.1, -0.05) is 43.0 Å². The van der Waals surface area contributed by atoms with Gasteiger partial charge < -0.3 is 5.32 Å². The van der Waals surface area contributed by atoms with E-state index >= 15 is 0 Å². The lowest BCUT2D eigenvalue weighted by Crippen LogP contribution is -2.14. The molecule has 0 aliphatic heterocycles.